The minimum Gasteiger partial charge on any atom is -0.504 e. The fourth-order valence-corrected chi connectivity index (χ4v) is 3.40. The molecule has 0 bridgehead atoms. The molecule has 2 aromatic carbocycles. The molecule has 1 aliphatic carbocycles. The van der Waals surface area contributed by atoms with Gasteiger partial charge in [-0.15, -0.1) is 0 Å². The number of amides is 2. The highest BCUT2D eigenvalue weighted by atomic mass is 16.3. The Balaban J connectivity index is 1.82. The number of carbonyl (C=O) groups is 2. The topological polar surface area (TPSA) is 77.8 Å². The van der Waals surface area contributed by atoms with Gasteiger partial charge in [-0.2, -0.15) is 0 Å². The molecule has 5 nitrogen and oxygen atoms in total. The number of hydrogen-bond acceptors (Lipinski definition) is 4. The normalized spacial score (nSPS) is 19.5. The molecule has 0 radical (unpaired) electrons. The van der Waals surface area contributed by atoms with Crippen molar-refractivity contribution in [1.29, 1.82) is 0 Å². The second-order valence-electron chi connectivity index (χ2n) is 5.59. The zero-order chi connectivity index (χ0) is 15.4. The van der Waals surface area contributed by atoms with Gasteiger partial charge < -0.3 is 10.2 Å². The summed E-state index contributed by atoms with van der Waals surface area (Å²) < 4.78 is 0. The van der Waals surface area contributed by atoms with Crippen LogP contribution < -0.4 is 0 Å². The summed E-state index contributed by atoms with van der Waals surface area (Å²) in [5.41, 5.74) is 2.15. The largest absolute Gasteiger partial charge is 0.504 e. The number of rotatable bonds is 1. The van der Waals surface area contributed by atoms with E-state index in [9.17, 15) is 19.8 Å². The lowest BCUT2D eigenvalue weighted by Gasteiger charge is -2.22. The SMILES string of the molecule is O=C1c2ccc(O)c(O)c2C(=O)N1[C@H]1CCc2ccccc21. The number of benzene rings is 2. The minimum atomic E-state index is -0.546. The number of aromatic hydroxyl groups is 2. The van der Waals surface area contributed by atoms with Crippen molar-refractivity contribution in [3.63, 3.8) is 0 Å². The number of phenols is 2. The first-order valence-corrected chi connectivity index (χ1v) is 7.10. The van der Waals surface area contributed by atoms with Crippen LogP contribution in [0.15, 0.2) is 36.4 Å². The van der Waals surface area contributed by atoms with Crippen molar-refractivity contribution in [2.24, 2.45) is 0 Å². The van der Waals surface area contributed by atoms with Crippen LogP contribution in [-0.2, 0) is 6.42 Å². The predicted molar refractivity (Wildman–Crippen MR) is 77.8 cm³/mol. The highest BCUT2D eigenvalue weighted by Crippen LogP contribution is 2.43. The van der Waals surface area contributed by atoms with Crippen molar-refractivity contribution in [1.82, 2.24) is 4.90 Å². The molecule has 22 heavy (non-hydrogen) atoms. The fraction of sp³-hybridized carbons (Fsp3) is 0.176. The lowest BCUT2D eigenvalue weighted by Crippen LogP contribution is -2.33. The molecule has 5 heteroatoms. The van der Waals surface area contributed by atoms with E-state index in [0.29, 0.717) is 6.42 Å². The smallest absolute Gasteiger partial charge is 0.266 e. The van der Waals surface area contributed by atoms with E-state index in [1.165, 1.54) is 17.0 Å². The van der Waals surface area contributed by atoms with Crippen LogP contribution in [0.5, 0.6) is 11.5 Å². The number of phenolic OH excluding ortho intramolecular Hbond substituents is 2. The predicted octanol–water partition coefficient (Wildman–Crippen LogP) is 2.38. The van der Waals surface area contributed by atoms with Crippen LogP contribution in [0.2, 0.25) is 0 Å². The van der Waals surface area contributed by atoms with Gasteiger partial charge in [-0.1, -0.05) is 24.3 Å². The average molecular weight is 295 g/mol. The van der Waals surface area contributed by atoms with Crippen molar-refractivity contribution >= 4 is 11.8 Å². The monoisotopic (exact) mass is 295 g/mol. The van der Waals surface area contributed by atoms with Gasteiger partial charge in [0, 0.05) is 0 Å². The Kier molecular flexibility index (Phi) is 2.54. The molecule has 0 saturated heterocycles. The third-order valence-corrected chi connectivity index (χ3v) is 4.45. The fourth-order valence-electron chi connectivity index (χ4n) is 3.40. The Morgan fingerprint density at radius 1 is 1.00 bits per heavy atom. The third kappa shape index (κ3) is 1.53. The van der Waals surface area contributed by atoms with Crippen molar-refractivity contribution in [3.8, 4) is 11.5 Å². The molecule has 2 aromatic rings. The first kappa shape index (κ1) is 12.9. The van der Waals surface area contributed by atoms with Gasteiger partial charge in [-0.25, -0.2) is 0 Å². The van der Waals surface area contributed by atoms with Crippen molar-refractivity contribution in [3.05, 3.63) is 58.7 Å². The summed E-state index contributed by atoms with van der Waals surface area (Å²) in [6.45, 7) is 0. The Morgan fingerprint density at radius 3 is 2.59 bits per heavy atom. The van der Waals surface area contributed by atoms with Gasteiger partial charge in [0.25, 0.3) is 11.8 Å². The number of fused-ring (bicyclic) bond motifs is 2. The Bertz CT molecular complexity index is 827. The van der Waals surface area contributed by atoms with E-state index in [2.05, 4.69) is 0 Å². The molecule has 4 rings (SSSR count). The summed E-state index contributed by atoms with van der Waals surface area (Å²) in [4.78, 5) is 26.4. The Labute approximate surface area is 126 Å². The van der Waals surface area contributed by atoms with E-state index in [1.807, 2.05) is 24.3 Å². The first-order valence-electron chi connectivity index (χ1n) is 7.10. The maximum Gasteiger partial charge on any atom is 0.266 e. The number of carbonyl (C=O) groups excluding carboxylic acids is 2. The van der Waals surface area contributed by atoms with Crippen LogP contribution in [0.1, 0.15) is 44.3 Å². The van der Waals surface area contributed by atoms with Crippen LogP contribution in [0.3, 0.4) is 0 Å². The van der Waals surface area contributed by atoms with Crippen molar-refractivity contribution in [2.75, 3.05) is 0 Å². The second-order valence-corrected chi connectivity index (χ2v) is 5.59. The van der Waals surface area contributed by atoms with E-state index < -0.39 is 23.3 Å². The number of aryl methyl sites for hydroxylation is 1. The van der Waals surface area contributed by atoms with Crippen LogP contribution in [0, 0.1) is 0 Å². The highest BCUT2D eigenvalue weighted by molar-refractivity contribution is 6.23. The molecule has 0 unspecified atom stereocenters. The van der Waals surface area contributed by atoms with Crippen molar-refractivity contribution < 1.29 is 19.8 Å². The van der Waals surface area contributed by atoms with E-state index in [4.69, 9.17) is 0 Å². The molecular weight excluding hydrogens is 282 g/mol. The number of nitrogens with zero attached hydrogens (tertiary/aromatic N) is 1. The lowest BCUT2D eigenvalue weighted by atomic mass is 10.1. The van der Waals surface area contributed by atoms with E-state index in [-0.39, 0.29) is 17.2 Å². The van der Waals surface area contributed by atoms with Gasteiger partial charge in [0.1, 0.15) is 0 Å². The molecule has 0 saturated carbocycles. The summed E-state index contributed by atoms with van der Waals surface area (Å²) in [6, 6.07) is 10.0. The number of imide groups is 1. The molecule has 1 aliphatic heterocycles. The zero-order valence-corrected chi connectivity index (χ0v) is 11.6. The van der Waals surface area contributed by atoms with Gasteiger partial charge in [-0.3, -0.25) is 14.5 Å². The van der Waals surface area contributed by atoms with Gasteiger partial charge in [0.2, 0.25) is 0 Å². The molecule has 0 fully saturated rings. The van der Waals surface area contributed by atoms with Crippen LogP contribution in [0.25, 0.3) is 0 Å². The van der Waals surface area contributed by atoms with Crippen LogP contribution in [-0.4, -0.2) is 26.9 Å². The number of hydrogen-bond donors (Lipinski definition) is 2. The standard InChI is InChI=1S/C17H13NO4/c19-13-8-6-11-14(15(13)20)17(22)18(16(11)21)12-7-5-9-3-1-2-4-10(9)12/h1-4,6,8,12,19-20H,5,7H2/t12-/m0/s1. The molecule has 1 heterocycles. The van der Waals surface area contributed by atoms with Gasteiger partial charge in [0.05, 0.1) is 17.2 Å². The lowest BCUT2D eigenvalue weighted by molar-refractivity contribution is 0.0581. The summed E-state index contributed by atoms with van der Waals surface area (Å²) >= 11 is 0. The highest BCUT2D eigenvalue weighted by Gasteiger charge is 2.44. The molecule has 2 aliphatic rings. The molecule has 110 valence electrons. The molecule has 2 amide bonds. The van der Waals surface area contributed by atoms with E-state index in [0.717, 1.165) is 17.5 Å². The maximum atomic E-state index is 12.6. The quantitative estimate of drug-likeness (QED) is 0.625. The average Bonchev–Trinajstić information content (AvgIpc) is 3.03. The van der Waals surface area contributed by atoms with Crippen LogP contribution >= 0.6 is 0 Å². The molecular formula is C17H13NO4. The zero-order valence-electron chi connectivity index (χ0n) is 11.6. The molecule has 0 aromatic heterocycles. The summed E-state index contributed by atoms with van der Waals surface area (Å²) in [5, 5.41) is 19.5. The summed E-state index contributed by atoms with van der Waals surface area (Å²) in [7, 11) is 0. The van der Waals surface area contributed by atoms with Gasteiger partial charge >= 0.3 is 0 Å². The van der Waals surface area contributed by atoms with E-state index in [1.54, 1.807) is 0 Å². The van der Waals surface area contributed by atoms with Gasteiger partial charge in [0.15, 0.2) is 11.5 Å². The first-order chi connectivity index (χ1) is 10.6. The van der Waals surface area contributed by atoms with E-state index >= 15 is 0 Å². The van der Waals surface area contributed by atoms with Crippen LogP contribution in [0.4, 0.5) is 0 Å². The van der Waals surface area contributed by atoms with Crippen molar-refractivity contribution in [2.45, 2.75) is 18.9 Å². The summed E-state index contributed by atoms with van der Waals surface area (Å²) in [5.74, 6) is -1.88. The Morgan fingerprint density at radius 2 is 1.77 bits per heavy atom. The molecule has 0 spiro atoms. The Hall–Kier alpha value is -2.82. The minimum absolute atomic E-state index is 0.102. The molecule has 1 atom stereocenters. The maximum absolute atomic E-state index is 12.6. The third-order valence-electron chi connectivity index (χ3n) is 4.45. The van der Waals surface area contributed by atoms with Gasteiger partial charge in [-0.05, 0) is 36.1 Å². The molecule has 2 N–H and O–H groups in total. The second kappa shape index (κ2) is 4.34. The summed E-state index contributed by atoms with van der Waals surface area (Å²) in [6.07, 6.45) is 1.49.